The minimum Gasteiger partial charge on any atom is -0.465 e. The molecule has 4 nitrogen and oxygen atoms in total. The van der Waals surface area contributed by atoms with Crippen LogP contribution in [0.2, 0.25) is 0 Å². The lowest BCUT2D eigenvalue weighted by molar-refractivity contribution is -0.175. The first kappa shape index (κ1) is 12.7. The highest BCUT2D eigenvalue weighted by molar-refractivity contribution is 5.87. The minimum atomic E-state index is -0.680. The van der Waals surface area contributed by atoms with Crippen molar-refractivity contribution in [2.45, 2.75) is 45.1 Å². The molecule has 0 aromatic rings. The number of rotatable bonds is 4. The average Bonchev–Trinajstić information content (AvgIpc) is 2.17. The van der Waals surface area contributed by atoms with Gasteiger partial charge in [-0.25, -0.2) is 4.79 Å². The lowest BCUT2D eigenvalue weighted by atomic mass is 9.89. The molecule has 0 aromatic carbocycles. The van der Waals surface area contributed by atoms with Gasteiger partial charge in [0, 0.05) is 12.0 Å². The van der Waals surface area contributed by atoms with Gasteiger partial charge in [-0.15, -0.1) is 0 Å². The summed E-state index contributed by atoms with van der Waals surface area (Å²) in [5.74, 6) is -0.725. The van der Waals surface area contributed by atoms with Crippen LogP contribution >= 0.6 is 0 Å². The van der Waals surface area contributed by atoms with E-state index in [1.807, 2.05) is 6.92 Å². The number of carbonyl (C=O) groups excluding carboxylic acids is 2. The molecule has 1 aliphatic heterocycles. The Bertz CT molecular complexity index is 304. The van der Waals surface area contributed by atoms with Gasteiger partial charge in [0.1, 0.15) is 5.60 Å². The molecular formula is C12H18O4. The average molecular weight is 226 g/mol. The Kier molecular flexibility index (Phi) is 4.10. The first-order valence-electron chi connectivity index (χ1n) is 5.53. The van der Waals surface area contributed by atoms with Crippen molar-refractivity contribution in [2.75, 3.05) is 6.61 Å². The maximum atomic E-state index is 11.5. The fourth-order valence-electron chi connectivity index (χ4n) is 1.84. The summed E-state index contributed by atoms with van der Waals surface area (Å²) in [6, 6.07) is 0. The molecule has 4 heteroatoms. The van der Waals surface area contributed by atoms with Crippen molar-refractivity contribution in [3.05, 3.63) is 12.2 Å². The fourth-order valence-corrected chi connectivity index (χ4v) is 1.84. The summed E-state index contributed by atoms with van der Waals surface area (Å²) in [5, 5.41) is 0. The van der Waals surface area contributed by atoms with Crippen molar-refractivity contribution in [3.63, 3.8) is 0 Å². The molecule has 0 spiro atoms. The van der Waals surface area contributed by atoms with Crippen LogP contribution in [0.4, 0.5) is 0 Å². The number of cyclic esters (lactones) is 1. The Morgan fingerprint density at radius 3 is 2.81 bits per heavy atom. The van der Waals surface area contributed by atoms with Gasteiger partial charge in [-0.05, 0) is 13.3 Å². The number of carbonyl (C=O) groups is 2. The standard InChI is InChI=1S/C12H18O4/c1-4-5-12(16-11(14)9(2)3)6-7-15-10(13)8-12/h2,4-8H2,1,3H3. The van der Waals surface area contributed by atoms with Gasteiger partial charge in [-0.1, -0.05) is 19.9 Å². The third-order valence-electron chi connectivity index (χ3n) is 2.65. The van der Waals surface area contributed by atoms with Gasteiger partial charge in [0.05, 0.1) is 13.0 Å². The van der Waals surface area contributed by atoms with Gasteiger partial charge >= 0.3 is 11.9 Å². The SMILES string of the molecule is C=C(C)C(=O)OC1(CCC)CCOC(=O)C1. The third kappa shape index (κ3) is 3.08. The van der Waals surface area contributed by atoms with Crippen LogP contribution in [0.15, 0.2) is 12.2 Å². The smallest absolute Gasteiger partial charge is 0.333 e. The Hall–Kier alpha value is -1.32. The van der Waals surface area contributed by atoms with Crippen LogP contribution in [0.3, 0.4) is 0 Å². The highest BCUT2D eigenvalue weighted by Crippen LogP contribution is 2.31. The third-order valence-corrected chi connectivity index (χ3v) is 2.65. The number of hydrogen-bond acceptors (Lipinski definition) is 4. The maximum absolute atomic E-state index is 11.5. The second kappa shape index (κ2) is 5.14. The molecule has 1 rings (SSSR count). The van der Waals surface area contributed by atoms with Gasteiger partial charge in [-0.2, -0.15) is 0 Å². The van der Waals surface area contributed by atoms with Gasteiger partial charge in [0.15, 0.2) is 0 Å². The summed E-state index contributed by atoms with van der Waals surface area (Å²) >= 11 is 0. The lowest BCUT2D eigenvalue weighted by Crippen LogP contribution is -2.43. The zero-order valence-corrected chi connectivity index (χ0v) is 9.88. The van der Waals surface area contributed by atoms with Crippen LogP contribution in [0.1, 0.15) is 39.5 Å². The van der Waals surface area contributed by atoms with Crippen LogP contribution in [0, 0.1) is 0 Å². The van der Waals surface area contributed by atoms with Crippen molar-refractivity contribution in [1.82, 2.24) is 0 Å². The molecule has 1 unspecified atom stereocenters. The van der Waals surface area contributed by atoms with E-state index in [0.29, 0.717) is 25.0 Å². The lowest BCUT2D eigenvalue weighted by Gasteiger charge is -2.35. The maximum Gasteiger partial charge on any atom is 0.333 e. The molecule has 0 radical (unpaired) electrons. The second-order valence-corrected chi connectivity index (χ2v) is 4.25. The molecule has 1 heterocycles. The summed E-state index contributed by atoms with van der Waals surface area (Å²) in [5.41, 5.74) is -0.324. The van der Waals surface area contributed by atoms with Crippen molar-refractivity contribution < 1.29 is 19.1 Å². The molecule has 1 fully saturated rings. The van der Waals surface area contributed by atoms with E-state index in [0.717, 1.165) is 6.42 Å². The summed E-state index contributed by atoms with van der Waals surface area (Å²) in [6.07, 6.45) is 2.27. The van der Waals surface area contributed by atoms with Crippen LogP contribution < -0.4 is 0 Å². The van der Waals surface area contributed by atoms with Crippen molar-refractivity contribution in [2.24, 2.45) is 0 Å². The van der Waals surface area contributed by atoms with E-state index in [9.17, 15) is 9.59 Å². The van der Waals surface area contributed by atoms with E-state index >= 15 is 0 Å². The van der Waals surface area contributed by atoms with E-state index < -0.39 is 11.6 Å². The van der Waals surface area contributed by atoms with Gasteiger partial charge in [-0.3, -0.25) is 4.79 Å². The zero-order chi connectivity index (χ0) is 12.2. The van der Waals surface area contributed by atoms with E-state index in [2.05, 4.69) is 6.58 Å². The van der Waals surface area contributed by atoms with Crippen LogP contribution in [-0.4, -0.2) is 24.1 Å². The van der Waals surface area contributed by atoms with Gasteiger partial charge in [0.2, 0.25) is 0 Å². The zero-order valence-electron chi connectivity index (χ0n) is 9.88. The highest BCUT2D eigenvalue weighted by Gasteiger charge is 2.39. The molecule has 16 heavy (non-hydrogen) atoms. The van der Waals surface area contributed by atoms with E-state index in [1.165, 1.54) is 0 Å². The molecule has 0 aliphatic carbocycles. The molecule has 1 saturated heterocycles. The topological polar surface area (TPSA) is 52.6 Å². The number of ether oxygens (including phenoxy) is 2. The number of hydrogen-bond donors (Lipinski definition) is 0. The molecule has 0 N–H and O–H groups in total. The largest absolute Gasteiger partial charge is 0.465 e. The second-order valence-electron chi connectivity index (χ2n) is 4.25. The van der Waals surface area contributed by atoms with Crippen molar-refractivity contribution in [1.29, 1.82) is 0 Å². The Morgan fingerprint density at radius 2 is 2.31 bits per heavy atom. The predicted octanol–water partition coefficient (Wildman–Crippen LogP) is 1.98. The predicted molar refractivity (Wildman–Crippen MR) is 58.7 cm³/mol. The van der Waals surface area contributed by atoms with Crippen molar-refractivity contribution >= 4 is 11.9 Å². The summed E-state index contributed by atoms with van der Waals surface area (Å²) in [4.78, 5) is 22.8. The fraction of sp³-hybridized carbons (Fsp3) is 0.667. The molecule has 0 amide bonds. The molecular weight excluding hydrogens is 208 g/mol. The molecule has 1 aliphatic rings. The first-order chi connectivity index (χ1) is 7.49. The quantitative estimate of drug-likeness (QED) is 0.543. The molecule has 0 saturated carbocycles. The van der Waals surface area contributed by atoms with Gasteiger partial charge < -0.3 is 9.47 Å². The monoisotopic (exact) mass is 226 g/mol. The van der Waals surface area contributed by atoms with Gasteiger partial charge in [0.25, 0.3) is 0 Å². The molecule has 90 valence electrons. The summed E-state index contributed by atoms with van der Waals surface area (Å²) < 4.78 is 10.3. The Balaban J connectivity index is 2.75. The molecule has 1 atom stereocenters. The van der Waals surface area contributed by atoms with E-state index in [1.54, 1.807) is 6.92 Å². The van der Waals surface area contributed by atoms with Crippen LogP contribution in [-0.2, 0) is 19.1 Å². The molecule has 0 bridgehead atoms. The highest BCUT2D eigenvalue weighted by atomic mass is 16.6. The van der Waals surface area contributed by atoms with Crippen LogP contribution in [0.25, 0.3) is 0 Å². The van der Waals surface area contributed by atoms with Crippen LogP contribution in [0.5, 0.6) is 0 Å². The Labute approximate surface area is 95.6 Å². The molecule has 0 aromatic heterocycles. The normalized spacial score (nSPS) is 24.8. The van der Waals surface area contributed by atoms with E-state index in [-0.39, 0.29) is 12.4 Å². The van der Waals surface area contributed by atoms with Crippen molar-refractivity contribution in [3.8, 4) is 0 Å². The Morgan fingerprint density at radius 1 is 1.62 bits per heavy atom. The summed E-state index contributed by atoms with van der Waals surface area (Å²) in [7, 11) is 0. The summed E-state index contributed by atoms with van der Waals surface area (Å²) in [6.45, 7) is 7.46. The number of esters is 2. The van der Waals surface area contributed by atoms with E-state index in [4.69, 9.17) is 9.47 Å². The minimum absolute atomic E-state index is 0.153. The first-order valence-corrected chi connectivity index (χ1v) is 5.53.